The van der Waals surface area contributed by atoms with Gasteiger partial charge in [0.2, 0.25) is 0 Å². The monoisotopic (exact) mass is 406 g/mol. The van der Waals surface area contributed by atoms with Crippen molar-refractivity contribution in [3.8, 4) is 22.8 Å². The van der Waals surface area contributed by atoms with Crippen molar-refractivity contribution in [2.75, 3.05) is 0 Å². The maximum atomic E-state index is 4.89. The van der Waals surface area contributed by atoms with E-state index in [4.69, 9.17) is 4.98 Å². The predicted octanol–water partition coefficient (Wildman–Crippen LogP) is 5.12. The molecule has 6 rings (SSSR count). The van der Waals surface area contributed by atoms with Gasteiger partial charge < -0.3 is 0 Å². The molecule has 0 fully saturated rings. The van der Waals surface area contributed by atoms with Crippen LogP contribution < -0.4 is 0 Å². The highest BCUT2D eigenvalue weighted by Gasteiger charge is 2.20. The van der Waals surface area contributed by atoms with Gasteiger partial charge in [-0.2, -0.15) is 16.4 Å². The van der Waals surface area contributed by atoms with Crippen molar-refractivity contribution in [2.24, 2.45) is 0 Å². The van der Waals surface area contributed by atoms with Crippen LogP contribution in [0.5, 0.6) is 0 Å². The van der Waals surface area contributed by atoms with Gasteiger partial charge in [-0.15, -0.1) is 16.4 Å². The zero-order valence-corrected chi connectivity index (χ0v) is 16.8. The summed E-state index contributed by atoms with van der Waals surface area (Å²) in [6, 6.07) is 4.08. The molecule has 5 aromatic rings. The number of aromatic amines is 1. The molecular weight excluding hydrogens is 388 g/mol. The second kappa shape index (κ2) is 6.49. The van der Waals surface area contributed by atoms with Gasteiger partial charge in [0.1, 0.15) is 16.9 Å². The van der Waals surface area contributed by atoms with E-state index in [1.54, 1.807) is 17.7 Å². The lowest BCUT2D eigenvalue weighted by Gasteiger charge is -2.09. The number of aryl methyl sites for hydroxylation is 2. The Labute approximate surface area is 169 Å². The average molecular weight is 407 g/mol. The molecule has 0 saturated carbocycles. The molecule has 0 amide bonds. The maximum Gasteiger partial charge on any atom is 0.200 e. The molecule has 0 aliphatic heterocycles. The van der Waals surface area contributed by atoms with E-state index >= 15 is 0 Å². The Kier molecular flexibility index (Phi) is 3.80. The number of nitrogens with zero attached hydrogens (tertiary/aromatic N) is 5. The van der Waals surface area contributed by atoms with Crippen molar-refractivity contribution in [1.29, 1.82) is 0 Å². The van der Waals surface area contributed by atoms with E-state index in [1.807, 2.05) is 21.9 Å². The van der Waals surface area contributed by atoms with E-state index in [9.17, 15) is 0 Å². The lowest BCUT2D eigenvalue weighted by atomic mass is 9.98. The van der Waals surface area contributed by atoms with Crippen LogP contribution >= 0.6 is 22.7 Å². The minimum absolute atomic E-state index is 0.661. The molecule has 0 bridgehead atoms. The smallest absolute Gasteiger partial charge is 0.200 e. The van der Waals surface area contributed by atoms with Crippen LogP contribution in [0.25, 0.3) is 38.6 Å². The van der Waals surface area contributed by atoms with Crippen molar-refractivity contribution in [3.05, 3.63) is 39.7 Å². The van der Waals surface area contributed by atoms with Crippen LogP contribution in [-0.2, 0) is 12.8 Å². The molecule has 5 aromatic heterocycles. The van der Waals surface area contributed by atoms with Gasteiger partial charge >= 0.3 is 0 Å². The van der Waals surface area contributed by atoms with E-state index in [0.717, 1.165) is 40.3 Å². The molecule has 0 radical (unpaired) electrons. The fourth-order valence-electron chi connectivity index (χ4n) is 4.02. The molecular formula is C20H18N6S2. The Morgan fingerprint density at radius 1 is 1.11 bits per heavy atom. The van der Waals surface area contributed by atoms with Crippen molar-refractivity contribution >= 4 is 38.5 Å². The summed E-state index contributed by atoms with van der Waals surface area (Å²) in [7, 11) is 0. The summed E-state index contributed by atoms with van der Waals surface area (Å²) in [5.74, 6) is 0.661. The van der Waals surface area contributed by atoms with Crippen LogP contribution in [-0.4, -0.2) is 29.8 Å². The molecule has 140 valence electrons. The standard InChI is InChI=1S/C20H18N6S2/c1-2-4-6-16-13(5-3-1)17-19-22-18(25-26(19)11-21-20(17)28-16)15-9-14(23-24-15)12-7-8-27-10-12/h7-11H,1-6H2,(H,23,24). The number of hydrogen-bond donors (Lipinski definition) is 1. The lowest BCUT2D eigenvalue weighted by Crippen LogP contribution is -1.97. The van der Waals surface area contributed by atoms with Crippen LogP contribution in [0.3, 0.4) is 0 Å². The Bertz CT molecular complexity index is 1280. The molecule has 0 saturated heterocycles. The van der Waals surface area contributed by atoms with E-state index in [-0.39, 0.29) is 0 Å². The molecule has 0 unspecified atom stereocenters. The number of rotatable bonds is 2. The van der Waals surface area contributed by atoms with Crippen molar-refractivity contribution in [1.82, 2.24) is 29.8 Å². The number of fused-ring (bicyclic) bond motifs is 5. The van der Waals surface area contributed by atoms with Gasteiger partial charge in [0.25, 0.3) is 0 Å². The topological polar surface area (TPSA) is 71.8 Å². The summed E-state index contributed by atoms with van der Waals surface area (Å²) < 4.78 is 1.81. The van der Waals surface area contributed by atoms with Gasteiger partial charge in [-0.05, 0) is 48.8 Å². The van der Waals surface area contributed by atoms with Crippen molar-refractivity contribution in [3.63, 3.8) is 0 Å². The van der Waals surface area contributed by atoms with E-state index in [0.29, 0.717) is 5.82 Å². The average Bonchev–Trinajstić information content (AvgIpc) is 3.46. The molecule has 0 spiro atoms. The number of H-pyrrole nitrogens is 1. The van der Waals surface area contributed by atoms with Crippen LogP contribution in [0.15, 0.2) is 29.2 Å². The van der Waals surface area contributed by atoms with Crippen LogP contribution in [0.2, 0.25) is 0 Å². The fraction of sp³-hybridized carbons (Fsp3) is 0.300. The van der Waals surface area contributed by atoms with Gasteiger partial charge in [-0.3, -0.25) is 5.10 Å². The summed E-state index contributed by atoms with van der Waals surface area (Å²) >= 11 is 3.50. The third-order valence-corrected chi connectivity index (χ3v) is 7.31. The molecule has 8 heteroatoms. The summed E-state index contributed by atoms with van der Waals surface area (Å²) in [6.45, 7) is 0. The lowest BCUT2D eigenvalue weighted by molar-refractivity contribution is 0.624. The Balaban J connectivity index is 1.50. The number of hydrogen-bond acceptors (Lipinski definition) is 6. The molecule has 1 N–H and O–H groups in total. The zero-order chi connectivity index (χ0) is 18.5. The minimum Gasteiger partial charge on any atom is -0.274 e. The van der Waals surface area contributed by atoms with Crippen molar-refractivity contribution in [2.45, 2.75) is 38.5 Å². The van der Waals surface area contributed by atoms with Gasteiger partial charge in [0.15, 0.2) is 11.5 Å². The first-order valence-electron chi connectivity index (χ1n) is 9.61. The maximum absolute atomic E-state index is 4.89. The summed E-state index contributed by atoms with van der Waals surface area (Å²) in [6.07, 6.45) is 9.22. The van der Waals surface area contributed by atoms with Gasteiger partial charge in [-0.25, -0.2) is 14.5 Å². The molecule has 1 aliphatic carbocycles. The Hall–Kier alpha value is -2.58. The molecule has 6 nitrogen and oxygen atoms in total. The second-order valence-electron chi connectivity index (χ2n) is 7.23. The third-order valence-electron chi connectivity index (χ3n) is 5.43. The minimum atomic E-state index is 0.661. The third kappa shape index (κ3) is 2.59. The highest BCUT2D eigenvalue weighted by Crippen LogP contribution is 2.36. The predicted molar refractivity (Wildman–Crippen MR) is 113 cm³/mol. The van der Waals surface area contributed by atoms with E-state index in [1.165, 1.54) is 41.5 Å². The number of thiophene rings is 2. The SMILES string of the molecule is c1cc(-c2cc(-c3nc4c5c6c(sc5ncn4n3)CCCCCC6)[nH]n2)cs1. The van der Waals surface area contributed by atoms with E-state index in [2.05, 4.69) is 37.1 Å². The number of nitrogens with one attached hydrogen (secondary N) is 1. The highest BCUT2D eigenvalue weighted by molar-refractivity contribution is 7.19. The highest BCUT2D eigenvalue weighted by atomic mass is 32.1. The van der Waals surface area contributed by atoms with Crippen LogP contribution in [0.1, 0.15) is 36.1 Å². The molecule has 0 aromatic carbocycles. The first-order valence-corrected chi connectivity index (χ1v) is 11.4. The normalized spacial score (nSPS) is 15.0. The fourth-order valence-corrected chi connectivity index (χ4v) is 5.89. The van der Waals surface area contributed by atoms with Crippen molar-refractivity contribution < 1.29 is 0 Å². The molecule has 28 heavy (non-hydrogen) atoms. The van der Waals surface area contributed by atoms with Crippen LogP contribution in [0, 0.1) is 0 Å². The molecule has 5 heterocycles. The number of aromatic nitrogens is 6. The second-order valence-corrected chi connectivity index (χ2v) is 9.09. The van der Waals surface area contributed by atoms with Gasteiger partial charge in [0, 0.05) is 15.8 Å². The summed E-state index contributed by atoms with van der Waals surface area (Å²) in [5, 5.41) is 17.5. The quantitative estimate of drug-likeness (QED) is 0.442. The Morgan fingerprint density at radius 2 is 2.04 bits per heavy atom. The van der Waals surface area contributed by atoms with E-state index < -0.39 is 0 Å². The molecule has 0 atom stereocenters. The molecule has 1 aliphatic rings. The largest absolute Gasteiger partial charge is 0.274 e. The van der Waals surface area contributed by atoms with Gasteiger partial charge in [0.05, 0.1) is 11.1 Å². The first-order chi connectivity index (χ1) is 13.9. The first kappa shape index (κ1) is 16.4. The Morgan fingerprint density at radius 3 is 2.93 bits per heavy atom. The summed E-state index contributed by atoms with van der Waals surface area (Å²) in [4.78, 5) is 12.1. The summed E-state index contributed by atoms with van der Waals surface area (Å²) in [5.41, 5.74) is 5.21. The van der Waals surface area contributed by atoms with Gasteiger partial charge in [-0.1, -0.05) is 12.8 Å². The zero-order valence-electron chi connectivity index (χ0n) is 15.2. The van der Waals surface area contributed by atoms with Crippen LogP contribution in [0.4, 0.5) is 0 Å².